The monoisotopic (exact) mass is 263 g/mol. The van der Waals surface area contributed by atoms with Gasteiger partial charge in [-0.25, -0.2) is 4.98 Å². The summed E-state index contributed by atoms with van der Waals surface area (Å²) in [5.74, 6) is 1.11. The van der Waals surface area contributed by atoms with Crippen LogP contribution >= 0.6 is 11.3 Å². The normalized spacial score (nSPS) is 11.3. The van der Waals surface area contributed by atoms with Gasteiger partial charge in [0.15, 0.2) is 0 Å². The SMILES string of the molecule is CCN(CCNC(C)C)c1nccc2sccc12. The predicted octanol–water partition coefficient (Wildman–Crippen LogP) is 3.12. The first-order valence-corrected chi connectivity index (χ1v) is 7.41. The molecule has 0 saturated heterocycles. The maximum atomic E-state index is 4.55. The molecular formula is C14H21N3S. The minimum atomic E-state index is 0.536. The third-order valence-corrected chi connectivity index (χ3v) is 3.86. The number of nitrogens with zero attached hydrogens (tertiary/aromatic N) is 2. The van der Waals surface area contributed by atoms with E-state index in [4.69, 9.17) is 0 Å². The van der Waals surface area contributed by atoms with E-state index in [0.29, 0.717) is 6.04 Å². The summed E-state index contributed by atoms with van der Waals surface area (Å²) in [7, 11) is 0. The van der Waals surface area contributed by atoms with Gasteiger partial charge in [-0.05, 0) is 24.4 Å². The fourth-order valence-electron chi connectivity index (χ4n) is 2.03. The first-order chi connectivity index (χ1) is 8.72. The highest BCUT2D eigenvalue weighted by molar-refractivity contribution is 7.17. The van der Waals surface area contributed by atoms with Crippen molar-refractivity contribution in [3.63, 3.8) is 0 Å². The van der Waals surface area contributed by atoms with E-state index in [1.165, 1.54) is 10.1 Å². The van der Waals surface area contributed by atoms with Crippen LogP contribution in [-0.2, 0) is 0 Å². The molecule has 0 aliphatic heterocycles. The zero-order valence-electron chi connectivity index (χ0n) is 11.3. The van der Waals surface area contributed by atoms with E-state index in [2.05, 4.69) is 53.5 Å². The minimum absolute atomic E-state index is 0.536. The number of likely N-dealkylation sites (N-methyl/N-ethyl adjacent to an activating group) is 1. The van der Waals surface area contributed by atoms with Crippen LogP contribution in [0, 0.1) is 0 Å². The molecule has 4 heteroatoms. The number of thiophene rings is 1. The molecule has 3 nitrogen and oxygen atoms in total. The van der Waals surface area contributed by atoms with Crippen molar-refractivity contribution in [2.75, 3.05) is 24.5 Å². The maximum absolute atomic E-state index is 4.55. The lowest BCUT2D eigenvalue weighted by Crippen LogP contribution is -2.35. The molecule has 0 radical (unpaired) electrons. The van der Waals surface area contributed by atoms with Gasteiger partial charge in [-0.1, -0.05) is 13.8 Å². The molecule has 0 aliphatic rings. The minimum Gasteiger partial charge on any atom is -0.355 e. The van der Waals surface area contributed by atoms with Crippen molar-refractivity contribution in [1.82, 2.24) is 10.3 Å². The number of aromatic nitrogens is 1. The zero-order valence-corrected chi connectivity index (χ0v) is 12.1. The summed E-state index contributed by atoms with van der Waals surface area (Å²) >= 11 is 1.78. The Morgan fingerprint density at radius 2 is 2.22 bits per heavy atom. The van der Waals surface area contributed by atoms with E-state index in [1.807, 2.05) is 6.20 Å². The first kappa shape index (κ1) is 13.3. The van der Waals surface area contributed by atoms with Crippen molar-refractivity contribution in [3.8, 4) is 0 Å². The lowest BCUT2D eigenvalue weighted by Gasteiger charge is -2.23. The Hall–Kier alpha value is -1.13. The molecule has 0 atom stereocenters. The number of nitrogens with one attached hydrogen (secondary N) is 1. The fourth-order valence-corrected chi connectivity index (χ4v) is 2.81. The van der Waals surface area contributed by atoms with E-state index in [0.717, 1.165) is 25.5 Å². The molecule has 2 aromatic heterocycles. The molecule has 2 aromatic rings. The summed E-state index contributed by atoms with van der Waals surface area (Å²) in [6.45, 7) is 9.51. The first-order valence-electron chi connectivity index (χ1n) is 6.53. The molecule has 0 amide bonds. The van der Waals surface area contributed by atoms with Crippen molar-refractivity contribution in [1.29, 1.82) is 0 Å². The van der Waals surface area contributed by atoms with E-state index in [-0.39, 0.29) is 0 Å². The maximum Gasteiger partial charge on any atom is 0.137 e. The summed E-state index contributed by atoms with van der Waals surface area (Å²) in [4.78, 5) is 6.89. The van der Waals surface area contributed by atoms with Gasteiger partial charge < -0.3 is 10.2 Å². The molecule has 0 saturated carbocycles. The molecule has 98 valence electrons. The van der Waals surface area contributed by atoms with Crippen LogP contribution in [-0.4, -0.2) is 30.7 Å². The van der Waals surface area contributed by atoms with Gasteiger partial charge in [-0.3, -0.25) is 0 Å². The topological polar surface area (TPSA) is 28.2 Å². The van der Waals surface area contributed by atoms with E-state index in [9.17, 15) is 0 Å². The number of pyridine rings is 1. The summed E-state index contributed by atoms with van der Waals surface area (Å²) in [6, 6.07) is 4.79. The number of hydrogen-bond acceptors (Lipinski definition) is 4. The fraction of sp³-hybridized carbons (Fsp3) is 0.500. The second-order valence-corrected chi connectivity index (χ2v) is 5.60. The molecule has 18 heavy (non-hydrogen) atoms. The van der Waals surface area contributed by atoms with Crippen molar-refractivity contribution in [2.45, 2.75) is 26.8 Å². The Labute approximate surface area is 113 Å². The molecule has 0 bridgehead atoms. The van der Waals surface area contributed by atoms with Crippen LogP contribution in [0.5, 0.6) is 0 Å². The largest absolute Gasteiger partial charge is 0.355 e. The van der Waals surface area contributed by atoms with Crippen LogP contribution in [0.25, 0.3) is 10.1 Å². The Kier molecular flexibility index (Phi) is 4.55. The highest BCUT2D eigenvalue weighted by Gasteiger charge is 2.10. The van der Waals surface area contributed by atoms with E-state index >= 15 is 0 Å². The summed E-state index contributed by atoms with van der Waals surface area (Å²) in [5, 5.41) is 6.86. The summed E-state index contributed by atoms with van der Waals surface area (Å²) < 4.78 is 1.32. The van der Waals surface area contributed by atoms with Crippen molar-refractivity contribution < 1.29 is 0 Å². The van der Waals surface area contributed by atoms with Crippen molar-refractivity contribution in [2.24, 2.45) is 0 Å². The van der Waals surface area contributed by atoms with Gasteiger partial charge in [0.1, 0.15) is 5.82 Å². The van der Waals surface area contributed by atoms with Crippen LogP contribution < -0.4 is 10.2 Å². The Balaban J connectivity index is 2.14. The number of fused-ring (bicyclic) bond motifs is 1. The highest BCUT2D eigenvalue weighted by atomic mass is 32.1. The average Bonchev–Trinajstić information content (AvgIpc) is 2.82. The zero-order chi connectivity index (χ0) is 13.0. The molecule has 0 aliphatic carbocycles. The third-order valence-electron chi connectivity index (χ3n) is 2.97. The van der Waals surface area contributed by atoms with Crippen LogP contribution in [0.1, 0.15) is 20.8 Å². The van der Waals surface area contributed by atoms with Gasteiger partial charge in [-0.2, -0.15) is 0 Å². The molecule has 2 heterocycles. The molecule has 0 spiro atoms. The van der Waals surface area contributed by atoms with Crippen molar-refractivity contribution in [3.05, 3.63) is 23.7 Å². The van der Waals surface area contributed by atoms with Crippen LogP contribution in [0.4, 0.5) is 5.82 Å². The van der Waals surface area contributed by atoms with Gasteiger partial charge in [-0.15, -0.1) is 11.3 Å². The predicted molar refractivity (Wildman–Crippen MR) is 80.6 cm³/mol. The van der Waals surface area contributed by atoms with Gasteiger partial charge in [0.2, 0.25) is 0 Å². The summed E-state index contributed by atoms with van der Waals surface area (Å²) in [6.07, 6.45) is 1.91. The Morgan fingerprint density at radius 1 is 1.39 bits per heavy atom. The average molecular weight is 263 g/mol. The highest BCUT2D eigenvalue weighted by Crippen LogP contribution is 2.28. The second-order valence-electron chi connectivity index (χ2n) is 4.66. The molecular weight excluding hydrogens is 242 g/mol. The molecule has 0 fully saturated rings. The smallest absolute Gasteiger partial charge is 0.137 e. The number of hydrogen-bond donors (Lipinski definition) is 1. The number of rotatable bonds is 6. The molecule has 0 aromatic carbocycles. The van der Waals surface area contributed by atoms with Gasteiger partial charge in [0, 0.05) is 42.0 Å². The van der Waals surface area contributed by atoms with Crippen LogP contribution in [0.2, 0.25) is 0 Å². The van der Waals surface area contributed by atoms with Crippen LogP contribution in [0.15, 0.2) is 23.7 Å². The lowest BCUT2D eigenvalue weighted by atomic mass is 10.3. The Bertz CT molecular complexity index is 492. The molecule has 1 N–H and O–H groups in total. The van der Waals surface area contributed by atoms with Gasteiger partial charge in [0.25, 0.3) is 0 Å². The third kappa shape index (κ3) is 3.00. The van der Waals surface area contributed by atoms with E-state index < -0.39 is 0 Å². The number of anilines is 1. The lowest BCUT2D eigenvalue weighted by molar-refractivity contribution is 0.583. The van der Waals surface area contributed by atoms with Gasteiger partial charge in [0.05, 0.1) is 0 Å². The van der Waals surface area contributed by atoms with E-state index in [1.54, 1.807) is 11.3 Å². The Morgan fingerprint density at radius 3 is 2.94 bits per heavy atom. The van der Waals surface area contributed by atoms with Gasteiger partial charge >= 0.3 is 0 Å². The molecule has 2 rings (SSSR count). The molecule has 0 unspecified atom stereocenters. The summed E-state index contributed by atoms with van der Waals surface area (Å²) in [5.41, 5.74) is 0. The quantitative estimate of drug-likeness (QED) is 0.868. The van der Waals surface area contributed by atoms with Crippen molar-refractivity contribution >= 4 is 27.2 Å². The standard InChI is InChI=1S/C14H21N3S/c1-4-17(9-8-15-11(2)3)14-12-6-10-18-13(12)5-7-16-14/h5-7,10-11,15H,4,8-9H2,1-3H3. The second kappa shape index (κ2) is 6.16. The van der Waals surface area contributed by atoms with Crippen LogP contribution in [0.3, 0.4) is 0 Å².